The summed E-state index contributed by atoms with van der Waals surface area (Å²) in [6.07, 6.45) is -1.95. The summed E-state index contributed by atoms with van der Waals surface area (Å²) in [7, 11) is 1.79. The Morgan fingerprint density at radius 3 is 2.70 bits per heavy atom. The monoisotopic (exact) mass is 362 g/mol. The highest BCUT2D eigenvalue weighted by Crippen LogP contribution is 2.34. The van der Waals surface area contributed by atoms with E-state index >= 15 is 0 Å². The third-order valence-electron chi connectivity index (χ3n) is 3.19. The first kappa shape index (κ1) is 17.8. The molecule has 0 aliphatic heterocycles. The fourth-order valence-corrected chi connectivity index (χ4v) is 2.99. The van der Waals surface area contributed by atoms with Gasteiger partial charge < -0.3 is 4.57 Å². The van der Waals surface area contributed by atoms with Crippen LogP contribution in [0.3, 0.4) is 0 Å². The van der Waals surface area contributed by atoms with Crippen molar-refractivity contribution in [1.29, 1.82) is 0 Å². The number of hydrogen-bond acceptors (Lipinski definition) is 4. The van der Waals surface area contributed by atoms with Crippen LogP contribution in [0.15, 0.2) is 30.1 Å². The maximum absolute atomic E-state index is 12.7. The van der Waals surface area contributed by atoms with Crippen molar-refractivity contribution < 1.29 is 13.2 Å². The van der Waals surface area contributed by atoms with E-state index in [-0.39, 0.29) is 10.9 Å². The Morgan fingerprint density at radius 1 is 1.43 bits per heavy atom. The number of rotatable bonds is 5. The predicted octanol–water partition coefficient (Wildman–Crippen LogP) is 4.31. The van der Waals surface area contributed by atoms with Crippen molar-refractivity contribution in [3.8, 4) is 0 Å². The van der Waals surface area contributed by atoms with Crippen LogP contribution in [-0.2, 0) is 13.2 Å². The molecule has 0 amide bonds. The van der Waals surface area contributed by atoms with Gasteiger partial charge in [-0.15, -0.1) is 16.8 Å². The van der Waals surface area contributed by atoms with Gasteiger partial charge in [0.15, 0.2) is 5.16 Å². The Bertz CT molecular complexity index is 715. The number of aromatic nitrogens is 4. The summed E-state index contributed by atoms with van der Waals surface area (Å²) >= 11 is 7.44. The average molecular weight is 363 g/mol. The van der Waals surface area contributed by atoms with Crippen LogP contribution in [0.1, 0.15) is 29.9 Å². The zero-order valence-corrected chi connectivity index (χ0v) is 14.0. The van der Waals surface area contributed by atoms with Crippen molar-refractivity contribution in [1.82, 2.24) is 19.7 Å². The van der Waals surface area contributed by atoms with Crippen LogP contribution in [0, 0.1) is 0 Å². The average Bonchev–Trinajstić information content (AvgIpc) is 2.84. The van der Waals surface area contributed by atoms with Crippen molar-refractivity contribution in [2.45, 2.75) is 24.2 Å². The van der Waals surface area contributed by atoms with Gasteiger partial charge in [0.2, 0.25) is 0 Å². The Kier molecular flexibility index (Phi) is 5.36. The van der Waals surface area contributed by atoms with Gasteiger partial charge in [0, 0.05) is 19.0 Å². The van der Waals surface area contributed by atoms with Crippen LogP contribution in [0.25, 0.3) is 0 Å². The Balaban J connectivity index is 2.32. The first-order valence-electron chi connectivity index (χ1n) is 6.61. The smallest absolute Gasteiger partial charge is 0.309 e. The minimum atomic E-state index is -4.47. The lowest BCUT2D eigenvalue weighted by Crippen LogP contribution is -2.10. The third kappa shape index (κ3) is 3.87. The Labute approximate surface area is 140 Å². The highest BCUT2D eigenvalue weighted by Gasteiger charge is 2.32. The number of nitrogens with zero attached hydrogens (tertiary/aromatic N) is 4. The highest BCUT2D eigenvalue weighted by atomic mass is 35.5. The van der Waals surface area contributed by atoms with Crippen molar-refractivity contribution in [3.63, 3.8) is 0 Å². The van der Waals surface area contributed by atoms with E-state index in [0.29, 0.717) is 22.4 Å². The van der Waals surface area contributed by atoms with Gasteiger partial charge in [-0.2, -0.15) is 13.2 Å². The molecule has 0 N–H and O–H groups in total. The summed E-state index contributed by atoms with van der Waals surface area (Å²) in [5.74, 6) is 0.866. The van der Waals surface area contributed by atoms with E-state index in [0.717, 1.165) is 12.3 Å². The fraction of sp³-hybridized carbons (Fsp3) is 0.357. The number of pyridine rings is 1. The van der Waals surface area contributed by atoms with E-state index in [1.807, 2.05) is 0 Å². The van der Waals surface area contributed by atoms with E-state index < -0.39 is 11.7 Å². The quantitative estimate of drug-likeness (QED) is 0.587. The summed E-state index contributed by atoms with van der Waals surface area (Å²) < 4.78 is 39.8. The molecule has 2 rings (SSSR count). The van der Waals surface area contributed by atoms with E-state index in [9.17, 15) is 13.2 Å². The standard InChI is InChI=1S/C14H14ClF3N4S/c1-4-5-23-13-21-20-12(22(13)3)8(2)11-10(15)6-9(7-19-11)14(16,17)18/h4,6-8H,1,5H2,2-3H3/t8-/m0/s1. The lowest BCUT2D eigenvalue weighted by atomic mass is 10.1. The minimum Gasteiger partial charge on any atom is -0.309 e. The molecule has 0 aliphatic carbocycles. The van der Waals surface area contributed by atoms with Crippen LogP contribution in [0.4, 0.5) is 13.2 Å². The molecule has 0 saturated carbocycles. The third-order valence-corrected chi connectivity index (χ3v) is 4.51. The van der Waals surface area contributed by atoms with Gasteiger partial charge >= 0.3 is 6.18 Å². The van der Waals surface area contributed by atoms with Crippen LogP contribution in [0.2, 0.25) is 5.02 Å². The Morgan fingerprint density at radius 2 is 2.13 bits per heavy atom. The van der Waals surface area contributed by atoms with E-state index in [1.165, 1.54) is 11.8 Å². The van der Waals surface area contributed by atoms with Gasteiger partial charge in [-0.05, 0) is 13.0 Å². The SMILES string of the molecule is C=CCSc1nnc([C@@H](C)c2ncc(C(F)(F)F)cc2Cl)n1C. The number of alkyl halides is 3. The maximum atomic E-state index is 12.7. The van der Waals surface area contributed by atoms with Crippen LogP contribution in [0.5, 0.6) is 0 Å². The summed E-state index contributed by atoms with van der Waals surface area (Å²) in [4.78, 5) is 3.88. The normalized spacial score (nSPS) is 13.1. The fourth-order valence-electron chi connectivity index (χ4n) is 2.01. The number of hydrogen-bond donors (Lipinski definition) is 0. The summed E-state index contributed by atoms with van der Waals surface area (Å²) in [6.45, 7) is 5.41. The van der Waals surface area contributed by atoms with Crippen LogP contribution >= 0.6 is 23.4 Å². The summed E-state index contributed by atoms with van der Waals surface area (Å²) in [5, 5.41) is 8.80. The molecule has 2 heterocycles. The number of thioether (sulfide) groups is 1. The molecule has 23 heavy (non-hydrogen) atoms. The van der Waals surface area contributed by atoms with E-state index in [1.54, 1.807) is 24.6 Å². The summed E-state index contributed by atoms with van der Waals surface area (Å²) in [6, 6.07) is 0.879. The van der Waals surface area contributed by atoms with Gasteiger partial charge in [-0.1, -0.05) is 29.4 Å². The molecule has 0 bridgehead atoms. The molecular formula is C14H14ClF3N4S. The molecule has 0 saturated heterocycles. The molecule has 2 aromatic rings. The molecule has 0 aromatic carbocycles. The molecule has 0 fully saturated rings. The predicted molar refractivity (Wildman–Crippen MR) is 83.7 cm³/mol. The molecule has 124 valence electrons. The second-order valence-electron chi connectivity index (χ2n) is 4.81. The topological polar surface area (TPSA) is 43.6 Å². The Hall–Kier alpha value is -1.54. The molecule has 0 unspecified atom stereocenters. The molecule has 9 heteroatoms. The molecule has 0 aliphatic rings. The number of halogens is 4. The van der Waals surface area contributed by atoms with Crippen molar-refractivity contribution in [2.24, 2.45) is 7.05 Å². The second kappa shape index (κ2) is 6.92. The molecular weight excluding hydrogens is 349 g/mol. The molecule has 0 radical (unpaired) electrons. The lowest BCUT2D eigenvalue weighted by molar-refractivity contribution is -0.137. The largest absolute Gasteiger partial charge is 0.417 e. The second-order valence-corrected chi connectivity index (χ2v) is 6.20. The summed E-state index contributed by atoms with van der Waals surface area (Å²) in [5.41, 5.74) is -0.547. The zero-order chi connectivity index (χ0) is 17.2. The van der Waals surface area contributed by atoms with Gasteiger partial charge in [-0.25, -0.2) is 0 Å². The van der Waals surface area contributed by atoms with Crippen molar-refractivity contribution in [2.75, 3.05) is 5.75 Å². The lowest BCUT2D eigenvalue weighted by Gasteiger charge is -2.14. The van der Waals surface area contributed by atoms with Gasteiger partial charge in [0.25, 0.3) is 0 Å². The van der Waals surface area contributed by atoms with E-state index in [4.69, 9.17) is 11.6 Å². The van der Waals surface area contributed by atoms with Crippen molar-refractivity contribution >= 4 is 23.4 Å². The van der Waals surface area contributed by atoms with Gasteiger partial charge in [0.05, 0.1) is 22.2 Å². The molecule has 4 nitrogen and oxygen atoms in total. The molecule has 2 aromatic heterocycles. The molecule has 0 spiro atoms. The molecule has 1 atom stereocenters. The van der Waals surface area contributed by atoms with Crippen LogP contribution < -0.4 is 0 Å². The first-order valence-corrected chi connectivity index (χ1v) is 7.97. The van der Waals surface area contributed by atoms with Gasteiger partial charge in [0.1, 0.15) is 5.82 Å². The maximum Gasteiger partial charge on any atom is 0.417 e. The first-order chi connectivity index (χ1) is 10.8. The zero-order valence-electron chi connectivity index (χ0n) is 12.4. The van der Waals surface area contributed by atoms with Crippen LogP contribution in [-0.4, -0.2) is 25.5 Å². The minimum absolute atomic E-state index is 0.0457. The van der Waals surface area contributed by atoms with Gasteiger partial charge in [-0.3, -0.25) is 4.98 Å². The highest BCUT2D eigenvalue weighted by molar-refractivity contribution is 7.99. The van der Waals surface area contributed by atoms with Crippen molar-refractivity contribution in [3.05, 3.63) is 47.0 Å². The van der Waals surface area contributed by atoms with E-state index in [2.05, 4.69) is 21.8 Å².